The Hall–Kier alpha value is -3.20. The number of benzene rings is 1. The first-order valence-electron chi connectivity index (χ1n) is 9.87. The standard InChI is InChI=1S/C22H20BrN3O5/c1-3-29-22(28)26-25-15-7-4-8-16-18(15)12(2)20(30-16)21(27)31-17-10-9-14(23)13-6-5-11-24-19(13)17/h5-6,9-11H,3-4,7-8H2,1-2H3,(H,26,28)/b25-15+. The van der Waals surface area contributed by atoms with Gasteiger partial charge >= 0.3 is 12.1 Å². The van der Waals surface area contributed by atoms with Gasteiger partial charge in [-0.1, -0.05) is 22.0 Å². The fourth-order valence-corrected chi connectivity index (χ4v) is 4.04. The van der Waals surface area contributed by atoms with Gasteiger partial charge in [-0.3, -0.25) is 4.98 Å². The monoisotopic (exact) mass is 485 g/mol. The first-order valence-corrected chi connectivity index (χ1v) is 10.7. The normalized spacial score (nSPS) is 14.4. The average Bonchev–Trinajstić information content (AvgIpc) is 3.12. The summed E-state index contributed by atoms with van der Waals surface area (Å²) in [4.78, 5) is 28.9. The lowest BCUT2D eigenvalue weighted by Crippen LogP contribution is -2.22. The van der Waals surface area contributed by atoms with E-state index in [1.165, 1.54) is 0 Å². The summed E-state index contributed by atoms with van der Waals surface area (Å²) in [6.45, 7) is 3.75. The van der Waals surface area contributed by atoms with E-state index in [2.05, 4.69) is 31.4 Å². The third kappa shape index (κ3) is 4.18. The molecule has 0 radical (unpaired) electrons. The Morgan fingerprint density at radius 3 is 2.94 bits per heavy atom. The molecule has 1 N–H and O–H groups in total. The van der Waals surface area contributed by atoms with E-state index in [9.17, 15) is 9.59 Å². The lowest BCUT2D eigenvalue weighted by molar-refractivity contribution is 0.0700. The van der Waals surface area contributed by atoms with Gasteiger partial charge in [0, 0.05) is 33.6 Å². The molecule has 3 aromatic rings. The number of furan rings is 1. The van der Waals surface area contributed by atoms with E-state index in [-0.39, 0.29) is 12.4 Å². The molecule has 0 fully saturated rings. The number of aryl methyl sites for hydroxylation is 1. The minimum Gasteiger partial charge on any atom is -0.453 e. The molecule has 31 heavy (non-hydrogen) atoms. The Balaban J connectivity index is 1.63. The number of pyridine rings is 1. The summed E-state index contributed by atoms with van der Waals surface area (Å²) in [7, 11) is 0. The SMILES string of the molecule is CCOC(=O)N/N=C1\CCCc2oc(C(=O)Oc3ccc(Br)c4cccnc34)c(C)c21. The third-order valence-electron chi connectivity index (χ3n) is 4.95. The maximum Gasteiger partial charge on any atom is 0.427 e. The number of carbonyl (C=O) groups is 2. The number of hydrogen-bond acceptors (Lipinski definition) is 7. The fourth-order valence-electron chi connectivity index (χ4n) is 3.59. The van der Waals surface area contributed by atoms with Crippen molar-refractivity contribution in [2.45, 2.75) is 33.1 Å². The van der Waals surface area contributed by atoms with Crippen molar-refractivity contribution in [2.75, 3.05) is 6.61 Å². The molecule has 160 valence electrons. The average molecular weight is 486 g/mol. The number of halogens is 1. The van der Waals surface area contributed by atoms with Gasteiger partial charge in [-0.2, -0.15) is 5.10 Å². The number of carbonyl (C=O) groups excluding carboxylic acids is 2. The molecule has 0 aliphatic heterocycles. The number of nitrogens with one attached hydrogen (secondary N) is 1. The molecule has 1 aliphatic rings. The van der Waals surface area contributed by atoms with Crippen LogP contribution in [0.25, 0.3) is 10.9 Å². The minimum atomic E-state index is -0.627. The highest BCUT2D eigenvalue weighted by atomic mass is 79.9. The Kier molecular flexibility index (Phi) is 6.03. The van der Waals surface area contributed by atoms with Crippen LogP contribution in [0.1, 0.15) is 47.2 Å². The van der Waals surface area contributed by atoms with E-state index >= 15 is 0 Å². The van der Waals surface area contributed by atoms with Gasteiger partial charge in [0.05, 0.1) is 12.3 Å². The van der Waals surface area contributed by atoms with Crippen molar-refractivity contribution in [3.05, 3.63) is 57.6 Å². The van der Waals surface area contributed by atoms with Gasteiger partial charge in [0.15, 0.2) is 5.75 Å². The number of nitrogens with zero attached hydrogens (tertiary/aromatic N) is 2. The van der Waals surface area contributed by atoms with Crippen molar-refractivity contribution < 1.29 is 23.5 Å². The molecule has 1 aliphatic carbocycles. The van der Waals surface area contributed by atoms with Gasteiger partial charge in [-0.25, -0.2) is 15.0 Å². The smallest absolute Gasteiger partial charge is 0.427 e. The summed E-state index contributed by atoms with van der Waals surface area (Å²) in [6, 6.07) is 7.19. The van der Waals surface area contributed by atoms with Crippen molar-refractivity contribution in [1.82, 2.24) is 10.4 Å². The molecule has 1 amide bonds. The number of fused-ring (bicyclic) bond motifs is 2. The number of ether oxygens (including phenoxy) is 2. The van der Waals surface area contributed by atoms with Crippen molar-refractivity contribution >= 4 is 44.6 Å². The summed E-state index contributed by atoms with van der Waals surface area (Å²) in [5.74, 6) is 0.496. The Labute approximate surface area is 186 Å². The molecule has 9 heteroatoms. The second-order valence-electron chi connectivity index (χ2n) is 6.93. The maximum atomic E-state index is 13.0. The highest BCUT2D eigenvalue weighted by Crippen LogP contribution is 2.33. The number of rotatable bonds is 4. The second kappa shape index (κ2) is 8.89. The zero-order valence-corrected chi connectivity index (χ0v) is 18.6. The summed E-state index contributed by atoms with van der Waals surface area (Å²) < 4.78 is 17.2. The molecule has 2 aromatic heterocycles. The second-order valence-corrected chi connectivity index (χ2v) is 7.79. The van der Waals surface area contributed by atoms with Crippen LogP contribution in [0.4, 0.5) is 4.79 Å². The molecule has 4 rings (SSSR count). The van der Waals surface area contributed by atoms with Crippen LogP contribution in [0.2, 0.25) is 0 Å². The van der Waals surface area contributed by atoms with Crippen molar-refractivity contribution in [2.24, 2.45) is 5.10 Å². The summed E-state index contributed by atoms with van der Waals surface area (Å²) in [5.41, 5.74) is 4.95. The van der Waals surface area contributed by atoms with Gasteiger partial charge < -0.3 is 13.9 Å². The van der Waals surface area contributed by atoms with E-state index in [1.807, 2.05) is 12.1 Å². The number of esters is 1. The summed E-state index contributed by atoms with van der Waals surface area (Å²) >= 11 is 3.48. The highest BCUT2D eigenvalue weighted by molar-refractivity contribution is 9.10. The number of hydrazone groups is 1. The predicted octanol–water partition coefficient (Wildman–Crippen LogP) is 4.90. The molecule has 0 saturated carbocycles. The first-order chi connectivity index (χ1) is 15.0. The molecule has 2 heterocycles. The summed E-state index contributed by atoms with van der Waals surface area (Å²) in [5, 5.41) is 5.01. The predicted molar refractivity (Wildman–Crippen MR) is 117 cm³/mol. The van der Waals surface area contributed by atoms with Crippen LogP contribution >= 0.6 is 15.9 Å². The lowest BCUT2D eigenvalue weighted by atomic mass is 9.93. The molecule has 0 spiro atoms. The van der Waals surface area contributed by atoms with Gasteiger partial charge in [0.25, 0.3) is 0 Å². The van der Waals surface area contributed by atoms with Gasteiger partial charge in [0.1, 0.15) is 11.3 Å². The molecule has 0 bridgehead atoms. The molecular weight excluding hydrogens is 466 g/mol. The van der Waals surface area contributed by atoms with E-state index < -0.39 is 12.1 Å². The molecule has 1 aromatic carbocycles. The Bertz CT molecular complexity index is 1200. The molecular formula is C22H20BrN3O5. The highest BCUT2D eigenvalue weighted by Gasteiger charge is 2.29. The fraction of sp³-hybridized carbons (Fsp3) is 0.273. The van der Waals surface area contributed by atoms with E-state index in [4.69, 9.17) is 13.9 Å². The molecule has 8 nitrogen and oxygen atoms in total. The van der Waals surface area contributed by atoms with Crippen LogP contribution in [0, 0.1) is 6.92 Å². The van der Waals surface area contributed by atoms with Crippen molar-refractivity contribution in [1.29, 1.82) is 0 Å². The van der Waals surface area contributed by atoms with E-state index in [0.717, 1.165) is 21.8 Å². The van der Waals surface area contributed by atoms with Crippen LogP contribution in [-0.2, 0) is 11.2 Å². The van der Waals surface area contributed by atoms with Crippen LogP contribution in [0.3, 0.4) is 0 Å². The molecule has 0 atom stereocenters. The van der Waals surface area contributed by atoms with Crippen LogP contribution in [-0.4, -0.2) is 29.4 Å². The Morgan fingerprint density at radius 1 is 1.29 bits per heavy atom. The number of hydrogen-bond donors (Lipinski definition) is 1. The third-order valence-corrected chi connectivity index (χ3v) is 5.64. The largest absolute Gasteiger partial charge is 0.453 e. The van der Waals surface area contributed by atoms with Crippen molar-refractivity contribution in [3.63, 3.8) is 0 Å². The zero-order valence-electron chi connectivity index (χ0n) is 17.0. The maximum absolute atomic E-state index is 13.0. The first kappa shape index (κ1) is 21.0. The van der Waals surface area contributed by atoms with Gasteiger partial charge in [0.2, 0.25) is 5.76 Å². The van der Waals surface area contributed by atoms with Crippen LogP contribution in [0.5, 0.6) is 5.75 Å². The topological polar surface area (TPSA) is 103 Å². The number of aromatic nitrogens is 1. The van der Waals surface area contributed by atoms with Gasteiger partial charge in [-0.05, 0) is 44.9 Å². The quantitative estimate of drug-likeness (QED) is 0.320. The van der Waals surface area contributed by atoms with E-state index in [0.29, 0.717) is 41.1 Å². The van der Waals surface area contributed by atoms with Crippen LogP contribution < -0.4 is 10.2 Å². The van der Waals surface area contributed by atoms with Gasteiger partial charge in [-0.15, -0.1) is 0 Å². The van der Waals surface area contributed by atoms with E-state index in [1.54, 1.807) is 32.2 Å². The molecule has 0 unspecified atom stereocenters. The minimum absolute atomic E-state index is 0.114. The lowest BCUT2D eigenvalue weighted by Gasteiger charge is -2.13. The Morgan fingerprint density at radius 2 is 2.13 bits per heavy atom. The number of amides is 1. The zero-order chi connectivity index (χ0) is 22.0. The van der Waals surface area contributed by atoms with Crippen molar-refractivity contribution in [3.8, 4) is 5.75 Å². The molecule has 0 saturated heterocycles. The summed E-state index contributed by atoms with van der Waals surface area (Å²) in [6.07, 6.45) is 3.12. The van der Waals surface area contributed by atoms with Crippen LogP contribution in [0.15, 0.2) is 44.5 Å².